The summed E-state index contributed by atoms with van der Waals surface area (Å²) in [5.41, 5.74) is -0.234. The van der Waals surface area contributed by atoms with E-state index in [4.69, 9.17) is 0 Å². The number of fused-ring (bicyclic) bond motifs is 1. The predicted octanol–water partition coefficient (Wildman–Crippen LogP) is 1.59. The SMILES string of the molecule is CCCn1c(SCC(=O)N[C@]2(C)CCS(=O)(=O)C2)nc2ccccc2c1=O. The van der Waals surface area contributed by atoms with Crippen molar-refractivity contribution in [2.24, 2.45) is 0 Å². The van der Waals surface area contributed by atoms with Crippen LogP contribution >= 0.6 is 11.8 Å². The van der Waals surface area contributed by atoms with Crippen LogP contribution in [0.15, 0.2) is 34.2 Å². The van der Waals surface area contributed by atoms with E-state index in [1.165, 1.54) is 11.8 Å². The molecular formula is C18H23N3O4S2. The van der Waals surface area contributed by atoms with Crippen molar-refractivity contribution in [3.8, 4) is 0 Å². The largest absolute Gasteiger partial charge is 0.349 e. The van der Waals surface area contributed by atoms with Gasteiger partial charge in [-0.05, 0) is 31.9 Å². The van der Waals surface area contributed by atoms with Gasteiger partial charge in [-0.25, -0.2) is 13.4 Å². The summed E-state index contributed by atoms with van der Waals surface area (Å²) in [5.74, 6) is -0.126. The summed E-state index contributed by atoms with van der Waals surface area (Å²) < 4.78 is 25.0. The zero-order valence-electron chi connectivity index (χ0n) is 15.4. The highest BCUT2D eigenvalue weighted by molar-refractivity contribution is 7.99. The van der Waals surface area contributed by atoms with Crippen LogP contribution in [0.4, 0.5) is 0 Å². The Labute approximate surface area is 162 Å². The molecule has 0 aliphatic carbocycles. The summed E-state index contributed by atoms with van der Waals surface area (Å²) in [7, 11) is -3.09. The van der Waals surface area contributed by atoms with Crippen molar-refractivity contribution in [2.45, 2.75) is 43.9 Å². The first-order valence-electron chi connectivity index (χ1n) is 8.87. The Morgan fingerprint density at radius 2 is 2.11 bits per heavy atom. The van der Waals surface area contributed by atoms with E-state index in [0.717, 1.165) is 6.42 Å². The first-order valence-corrected chi connectivity index (χ1v) is 11.7. The number of aromatic nitrogens is 2. The average molecular weight is 410 g/mol. The number of nitrogens with zero attached hydrogens (tertiary/aromatic N) is 2. The Morgan fingerprint density at radius 1 is 1.37 bits per heavy atom. The molecule has 0 unspecified atom stereocenters. The van der Waals surface area contributed by atoms with Crippen LogP contribution in [0.2, 0.25) is 0 Å². The van der Waals surface area contributed by atoms with Gasteiger partial charge in [-0.15, -0.1) is 0 Å². The third kappa shape index (κ3) is 4.52. The van der Waals surface area contributed by atoms with Gasteiger partial charge in [0, 0.05) is 6.54 Å². The van der Waals surface area contributed by atoms with Crippen LogP contribution in [0, 0.1) is 0 Å². The van der Waals surface area contributed by atoms with E-state index in [9.17, 15) is 18.0 Å². The highest BCUT2D eigenvalue weighted by Gasteiger charge is 2.39. The molecule has 1 atom stereocenters. The maximum absolute atomic E-state index is 12.7. The van der Waals surface area contributed by atoms with E-state index in [2.05, 4.69) is 10.3 Å². The molecule has 9 heteroatoms. The minimum atomic E-state index is -3.09. The average Bonchev–Trinajstić information content (AvgIpc) is 2.88. The molecule has 2 heterocycles. The molecule has 1 saturated heterocycles. The molecule has 1 aliphatic rings. The number of thioether (sulfide) groups is 1. The Hall–Kier alpha value is -1.87. The van der Waals surface area contributed by atoms with Gasteiger partial charge in [-0.3, -0.25) is 14.2 Å². The van der Waals surface area contributed by atoms with Gasteiger partial charge >= 0.3 is 0 Å². The summed E-state index contributed by atoms with van der Waals surface area (Å²) in [4.78, 5) is 29.6. The molecule has 1 aliphatic heterocycles. The summed E-state index contributed by atoms with van der Waals surface area (Å²) in [5, 5.41) is 3.89. The molecule has 1 amide bonds. The van der Waals surface area contributed by atoms with Gasteiger partial charge in [0.2, 0.25) is 5.91 Å². The lowest BCUT2D eigenvalue weighted by molar-refractivity contribution is -0.120. The number of hydrogen-bond acceptors (Lipinski definition) is 6. The quantitative estimate of drug-likeness (QED) is 0.575. The third-order valence-electron chi connectivity index (χ3n) is 4.55. The molecule has 1 aromatic heterocycles. The third-order valence-corrected chi connectivity index (χ3v) is 7.43. The Bertz CT molecular complexity index is 1030. The molecule has 3 rings (SSSR count). The fourth-order valence-electron chi connectivity index (χ4n) is 3.29. The maximum atomic E-state index is 12.7. The van der Waals surface area contributed by atoms with Gasteiger partial charge in [0.05, 0.1) is 33.7 Å². The number of benzene rings is 1. The molecule has 1 aromatic carbocycles. The van der Waals surface area contributed by atoms with E-state index in [1.54, 1.807) is 29.7 Å². The van der Waals surface area contributed by atoms with Crippen molar-refractivity contribution in [2.75, 3.05) is 17.3 Å². The van der Waals surface area contributed by atoms with Crippen LogP contribution in [0.5, 0.6) is 0 Å². The minimum absolute atomic E-state index is 0.0365. The van der Waals surface area contributed by atoms with Crippen LogP contribution in [0.3, 0.4) is 0 Å². The molecular weight excluding hydrogens is 386 g/mol. The Balaban J connectivity index is 1.77. The van der Waals surface area contributed by atoms with E-state index in [-0.39, 0.29) is 28.7 Å². The predicted molar refractivity (Wildman–Crippen MR) is 107 cm³/mol. The van der Waals surface area contributed by atoms with Crippen molar-refractivity contribution < 1.29 is 13.2 Å². The van der Waals surface area contributed by atoms with Crippen LogP contribution in [0.1, 0.15) is 26.7 Å². The molecule has 146 valence electrons. The molecule has 0 bridgehead atoms. The van der Waals surface area contributed by atoms with Gasteiger partial charge in [-0.2, -0.15) is 0 Å². The lowest BCUT2D eigenvalue weighted by Crippen LogP contribution is -2.47. The first-order chi connectivity index (χ1) is 12.7. The van der Waals surface area contributed by atoms with Gasteiger partial charge in [0.1, 0.15) is 0 Å². The van der Waals surface area contributed by atoms with E-state index < -0.39 is 15.4 Å². The Morgan fingerprint density at radius 3 is 2.78 bits per heavy atom. The summed E-state index contributed by atoms with van der Waals surface area (Å²) in [6.45, 7) is 4.25. The zero-order valence-corrected chi connectivity index (χ0v) is 17.0. The summed E-state index contributed by atoms with van der Waals surface area (Å²) in [6, 6.07) is 7.15. The van der Waals surface area contributed by atoms with Crippen molar-refractivity contribution in [3.05, 3.63) is 34.6 Å². The normalized spacial score (nSPS) is 21.4. The van der Waals surface area contributed by atoms with Gasteiger partial charge in [0.25, 0.3) is 5.56 Å². The van der Waals surface area contributed by atoms with Crippen LogP contribution in [0.25, 0.3) is 10.9 Å². The minimum Gasteiger partial charge on any atom is -0.349 e. The summed E-state index contributed by atoms with van der Waals surface area (Å²) >= 11 is 1.20. The van der Waals surface area contributed by atoms with Gasteiger partial charge < -0.3 is 5.32 Å². The summed E-state index contributed by atoms with van der Waals surface area (Å²) in [6.07, 6.45) is 1.19. The molecule has 2 aromatic rings. The number of carbonyl (C=O) groups excluding carboxylic acids is 1. The van der Waals surface area contributed by atoms with Crippen molar-refractivity contribution in [1.29, 1.82) is 0 Å². The number of hydrogen-bond donors (Lipinski definition) is 1. The second kappa shape index (κ2) is 7.63. The smallest absolute Gasteiger partial charge is 0.262 e. The number of carbonyl (C=O) groups is 1. The number of para-hydroxylation sites is 1. The molecule has 1 fully saturated rings. The maximum Gasteiger partial charge on any atom is 0.262 e. The standard InChI is InChI=1S/C18H23N3O4S2/c1-3-9-21-16(23)13-6-4-5-7-14(13)19-17(21)26-11-15(22)20-18(2)8-10-27(24,25)12-18/h4-7H,3,8-12H2,1-2H3,(H,20,22)/t18-/m1/s1. The monoisotopic (exact) mass is 409 g/mol. The van der Waals surface area contributed by atoms with E-state index in [1.807, 2.05) is 13.0 Å². The van der Waals surface area contributed by atoms with Crippen molar-refractivity contribution in [1.82, 2.24) is 14.9 Å². The highest BCUT2D eigenvalue weighted by Crippen LogP contribution is 2.24. The lowest BCUT2D eigenvalue weighted by atomic mass is 10.0. The molecule has 27 heavy (non-hydrogen) atoms. The second-order valence-electron chi connectivity index (χ2n) is 7.11. The fraction of sp³-hybridized carbons (Fsp3) is 0.500. The highest BCUT2D eigenvalue weighted by atomic mass is 32.2. The molecule has 7 nitrogen and oxygen atoms in total. The molecule has 0 radical (unpaired) electrons. The molecule has 1 N–H and O–H groups in total. The van der Waals surface area contributed by atoms with Crippen LogP contribution in [-0.2, 0) is 21.2 Å². The van der Waals surface area contributed by atoms with Crippen molar-refractivity contribution in [3.63, 3.8) is 0 Å². The van der Waals surface area contributed by atoms with E-state index >= 15 is 0 Å². The van der Waals surface area contributed by atoms with Crippen molar-refractivity contribution >= 4 is 38.4 Å². The van der Waals surface area contributed by atoms with Crippen LogP contribution < -0.4 is 10.9 Å². The number of sulfone groups is 1. The van der Waals surface area contributed by atoms with Crippen LogP contribution in [-0.4, -0.2) is 46.7 Å². The first kappa shape index (κ1) is 19.9. The molecule has 0 spiro atoms. The number of nitrogens with one attached hydrogen (secondary N) is 1. The lowest BCUT2D eigenvalue weighted by Gasteiger charge is -2.23. The van der Waals surface area contributed by atoms with E-state index in [0.29, 0.717) is 29.0 Å². The molecule has 0 saturated carbocycles. The van der Waals surface area contributed by atoms with Gasteiger partial charge in [0.15, 0.2) is 15.0 Å². The Kier molecular flexibility index (Phi) is 5.62. The zero-order chi connectivity index (χ0) is 19.7. The van der Waals surface area contributed by atoms with Gasteiger partial charge in [-0.1, -0.05) is 30.8 Å². The number of rotatable bonds is 6. The topological polar surface area (TPSA) is 98.1 Å². The fourth-order valence-corrected chi connectivity index (χ4v) is 6.21. The second-order valence-corrected chi connectivity index (χ2v) is 10.2. The number of amides is 1.